The molecule has 0 unspecified atom stereocenters. The number of benzene rings is 3. The van der Waals surface area contributed by atoms with Crippen LogP contribution < -0.4 is 0 Å². The first-order chi connectivity index (χ1) is 16.7. The molecule has 0 N–H and O–H groups in total. The Morgan fingerprint density at radius 2 is 1.18 bits per heavy atom. The first-order valence-corrected chi connectivity index (χ1v) is 11.8. The second-order valence-corrected chi connectivity index (χ2v) is 9.08. The van der Waals surface area contributed by atoms with Gasteiger partial charge in [-0.25, -0.2) is 4.98 Å². The van der Waals surface area contributed by atoms with Crippen molar-refractivity contribution in [3.8, 4) is 44.9 Å². The lowest BCUT2D eigenvalue weighted by atomic mass is 9.96. The zero-order valence-corrected chi connectivity index (χ0v) is 19.6. The van der Waals surface area contributed by atoms with Crippen molar-refractivity contribution in [2.45, 2.75) is 20.3 Å². The first kappa shape index (κ1) is 21.8. The highest BCUT2D eigenvalue weighted by molar-refractivity contribution is 5.78. The molecular weight excluding hydrogens is 412 g/mol. The van der Waals surface area contributed by atoms with Gasteiger partial charge in [0.05, 0.1) is 17.1 Å². The van der Waals surface area contributed by atoms with E-state index in [0.29, 0.717) is 5.92 Å². The third-order valence-corrected chi connectivity index (χ3v) is 5.95. The van der Waals surface area contributed by atoms with Crippen LogP contribution in [0.25, 0.3) is 44.9 Å². The van der Waals surface area contributed by atoms with Crippen LogP contribution in [0, 0.1) is 5.92 Å². The highest BCUT2D eigenvalue weighted by atomic mass is 14.7. The molecule has 34 heavy (non-hydrogen) atoms. The van der Waals surface area contributed by atoms with Gasteiger partial charge >= 0.3 is 0 Å². The highest BCUT2D eigenvalue weighted by Crippen LogP contribution is 2.32. The Morgan fingerprint density at radius 1 is 0.529 bits per heavy atom. The van der Waals surface area contributed by atoms with Gasteiger partial charge in [0, 0.05) is 22.9 Å². The van der Waals surface area contributed by atoms with E-state index in [1.54, 1.807) is 0 Å². The van der Waals surface area contributed by atoms with E-state index in [-0.39, 0.29) is 0 Å². The van der Waals surface area contributed by atoms with Crippen molar-refractivity contribution in [3.05, 3.63) is 121 Å². The maximum atomic E-state index is 5.07. The number of aromatic nitrogens is 2. The third kappa shape index (κ3) is 4.97. The summed E-state index contributed by atoms with van der Waals surface area (Å²) in [4.78, 5) is 9.59. The van der Waals surface area contributed by atoms with E-state index in [2.05, 4.69) is 104 Å². The normalized spacial score (nSPS) is 11.0. The van der Waals surface area contributed by atoms with Crippen LogP contribution in [0.1, 0.15) is 19.4 Å². The van der Waals surface area contributed by atoms with Gasteiger partial charge in [-0.1, -0.05) is 92.7 Å². The quantitative estimate of drug-likeness (QED) is 0.265. The van der Waals surface area contributed by atoms with Gasteiger partial charge in [-0.15, -0.1) is 0 Å². The second-order valence-electron chi connectivity index (χ2n) is 9.08. The molecule has 0 saturated carbocycles. The number of rotatable bonds is 6. The van der Waals surface area contributed by atoms with E-state index >= 15 is 0 Å². The van der Waals surface area contributed by atoms with Crippen LogP contribution >= 0.6 is 0 Å². The Labute approximate surface area is 202 Å². The largest absolute Gasteiger partial charge is 0.256 e. The minimum atomic E-state index is 0.648. The molecule has 0 saturated heterocycles. The summed E-state index contributed by atoms with van der Waals surface area (Å²) >= 11 is 0. The number of nitrogens with zero attached hydrogens (tertiary/aromatic N) is 2. The van der Waals surface area contributed by atoms with Gasteiger partial charge in [-0.05, 0) is 59.4 Å². The Bertz CT molecular complexity index is 1370. The maximum Gasteiger partial charge on any atom is 0.0715 e. The van der Waals surface area contributed by atoms with E-state index < -0.39 is 0 Å². The maximum absolute atomic E-state index is 5.07. The molecule has 0 aliphatic heterocycles. The summed E-state index contributed by atoms with van der Waals surface area (Å²) in [6, 6.07) is 38.2. The lowest BCUT2D eigenvalue weighted by Gasteiger charge is -2.12. The van der Waals surface area contributed by atoms with E-state index in [0.717, 1.165) is 40.2 Å². The van der Waals surface area contributed by atoms with E-state index in [9.17, 15) is 0 Å². The Kier molecular flexibility index (Phi) is 6.31. The molecule has 2 nitrogen and oxygen atoms in total. The van der Waals surface area contributed by atoms with Crippen LogP contribution in [-0.2, 0) is 6.42 Å². The van der Waals surface area contributed by atoms with Crippen LogP contribution in [0.4, 0.5) is 0 Å². The average Bonchev–Trinajstić information content (AvgIpc) is 2.90. The van der Waals surface area contributed by atoms with Crippen molar-refractivity contribution >= 4 is 0 Å². The van der Waals surface area contributed by atoms with Crippen LogP contribution in [-0.4, -0.2) is 9.97 Å². The minimum Gasteiger partial charge on any atom is -0.256 e. The Hall–Kier alpha value is -4.04. The van der Waals surface area contributed by atoms with Crippen LogP contribution in [0.5, 0.6) is 0 Å². The van der Waals surface area contributed by atoms with E-state index in [1.807, 2.05) is 30.5 Å². The van der Waals surface area contributed by atoms with Gasteiger partial charge in [0.25, 0.3) is 0 Å². The van der Waals surface area contributed by atoms with Gasteiger partial charge in [0.1, 0.15) is 0 Å². The summed E-state index contributed by atoms with van der Waals surface area (Å²) < 4.78 is 0. The molecule has 0 atom stereocenters. The number of hydrogen-bond acceptors (Lipinski definition) is 2. The molecule has 0 aliphatic rings. The van der Waals surface area contributed by atoms with E-state index in [4.69, 9.17) is 4.98 Å². The van der Waals surface area contributed by atoms with Crippen LogP contribution in [0.3, 0.4) is 0 Å². The third-order valence-electron chi connectivity index (χ3n) is 5.95. The number of hydrogen-bond donors (Lipinski definition) is 0. The fourth-order valence-electron chi connectivity index (χ4n) is 4.28. The van der Waals surface area contributed by atoms with E-state index in [1.165, 1.54) is 16.7 Å². The summed E-state index contributed by atoms with van der Waals surface area (Å²) in [6.45, 7) is 4.52. The van der Waals surface area contributed by atoms with Gasteiger partial charge in [0.15, 0.2) is 0 Å². The topological polar surface area (TPSA) is 25.8 Å². The molecule has 2 aromatic heterocycles. The van der Waals surface area contributed by atoms with Gasteiger partial charge in [-0.2, -0.15) is 0 Å². The van der Waals surface area contributed by atoms with Crippen molar-refractivity contribution in [1.29, 1.82) is 0 Å². The van der Waals surface area contributed by atoms with Crippen molar-refractivity contribution in [2.75, 3.05) is 0 Å². The van der Waals surface area contributed by atoms with Crippen molar-refractivity contribution in [1.82, 2.24) is 9.97 Å². The molecule has 5 aromatic rings. The SMILES string of the molecule is CC(C)Cc1ccc(-c2cc(-c3ccccc3)nc(-c3cccc(-c4ccccn4)c3)c2)cc1. The fourth-order valence-corrected chi connectivity index (χ4v) is 4.28. The first-order valence-electron chi connectivity index (χ1n) is 11.8. The molecule has 0 amide bonds. The van der Waals surface area contributed by atoms with Gasteiger partial charge < -0.3 is 0 Å². The molecule has 0 radical (unpaired) electrons. The number of pyridine rings is 2. The fraction of sp³-hybridized carbons (Fsp3) is 0.125. The minimum absolute atomic E-state index is 0.648. The summed E-state index contributed by atoms with van der Waals surface area (Å²) in [5, 5.41) is 0. The standard InChI is InChI=1S/C32H28N2/c1-23(2)19-24-14-16-25(17-15-24)29-21-31(26-9-4-3-5-10-26)34-32(22-29)28-12-8-11-27(20-28)30-13-6-7-18-33-30/h3-18,20-23H,19H2,1-2H3. The monoisotopic (exact) mass is 440 g/mol. The summed E-state index contributed by atoms with van der Waals surface area (Å²) in [5.74, 6) is 0.648. The molecule has 0 bridgehead atoms. The molecule has 3 aromatic carbocycles. The van der Waals surface area contributed by atoms with Gasteiger partial charge in [0.2, 0.25) is 0 Å². The van der Waals surface area contributed by atoms with Crippen LogP contribution in [0.2, 0.25) is 0 Å². The van der Waals surface area contributed by atoms with Crippen molar-refractivity contribution in [2.24, 2.45) is 5.92 Å². The molecule has 5 rings (SSSR count). The molecule has 166 valence electrons. The summed E-state index contributed by atoms with van der Waals surface area (Å²) in [7, 11) is 0. The Balaban J connectivity index is 1.60. The average molecular weight is 441 g/mol. The predicted molar refractivity (Wildman–Crippen MR) is 142 cm³/mol. The summed E-state index contributed by atoms with van der Waals surface area (Å²) in [6.07, 6.45) is 2.93. The van der Waals surface area contributed by atoms with Crippen molar-refractivity contribution in [3.63, 3.8) is 0 Å². The zero-order valence-electron chi connectivity index (χ0n) is 19.6. The predicted octanol–water partition coefficient (Wildman–Crippen LogP) is 8.34. The highest BCUT2D eigenvalue weighted by Gasteiger charge is 2.10. The van der Waals surface area contributed by atoms with Crippen LogP contribution in [0.15, 0.2) is 115 Å². The molecular formula is C32H28N2. The lowest BCUT2D eigenvalue weighted by molar-refractivity contribution is 0.647. The molecule has 0 spiro atoms. The van der Waals surface area contributed by atoms with Gasteiger partial charge in [-0.3, -0.25) is 4.98 Å². The molecule has 0 aliphatic carbocycles. The summed E-state index contributed by atoms with van der Waals surface area (Å²) in [5.41, 5.74) is 9.93. The molecule has 2 heterocycles. The Morgan fingerprint density at radius 3 is 1.85 bits per heavy atom. The molecule has 0 fully saturated rings. The smallest absolute Gasteiger partial charge is 0.0715 e. The lowest BCUT2D eigenvalue weighted by Crippen LogP contribution is -1.94. The zero-order chi connectivity index (χ0) is 23.3. The van der Waals surface area contributed by atoms with Crippen molar-refractivity contribution < 1.29 is 0 Å². The molecule has 2 heteroatoms. The second kappa shape index (κ2) is 9.84.